The van der Waals surface area contributed by atoms with E-state index in [0.717, 1.165) is 31.6 Å². The Hall–Kier alpha value is -0.860. The van der Waals surface area contributed by atoms with Gasteiger partial charge in [0.1, 0.15) is 0 Å². The summed E-state index contributed by atoms with van der Waals surface area (Å²) >= 11 is 0. The van der Waals surface area contributed by atoms with E-state index in [4.69, 9.17) is 4.74 Å². The predicted octanol–water partition coefficient (Wildman–Crippen LogP) is 3.88. The zero-order valence-electron chi connectivity index (χ0n) is 13.1. The number of ether oxygens (including phenoxy) is 1. The van der Waals surface area contributed by atoms with Gasteiger partial charge in [-0.2, -0.15) is 0 Å². The van der Waals surface area contributed by atoms with E-state index in [9.17, 15) is 5.11 Å². The number of aryl methyl sites for hydroxylation is 1. The normalized spacial score (nSPS) is 28.3. The average Bonchev–Trinajstić information content (AvgIpc) is 2.44. The van der Waals surface area contributed by atoms with Gasteiger partial charge in [0.25, 0.3) is 0 Å². The molecule has 1 N–H and O–H groups in total. The van der Waals surface area contributed by atoms with Gasteiger partial charge in [0.15, 0.2) is 0 Å². The molecular weight excluding hydrogens is 248 g/mol. The van der Waals surface area contributed by atoms with Crippen LogP contribution in [0.3, 0.4) is 0 Å². The quantitative estimate of drug-likeness (QED) is 0.884. The Morgan fingerprint density at radius 3 is 2.55 bits per heavy atom. The Labute approximate surface area is 123 Å². The minimum absolute atomic E-state index is 0.330. The third-order valence-electron chi connectivity index (χ3n) is 4.83. The summed E-state index contributed by atoms with van der Waals surface area (Å²) in [6.45, 7) is 7.11. The van der Waals surface area contributed by atoms with Gasteiger partial charge in [0.05, 0.1) is 11.7 Å². The highest BCUT2D eigenvalue weighted by atomic mass is 16.5. The molecule has 1 fully saturated rings. The van der Waals surface area contributed by atoms with Crippen molar-refractivity contribution < 1.29 is 9.84 Å². The number of aliphatic hydroxyl groups is 1. The number of hydrogen-bond donors (Lipinski definition) is 1. The van der Waals surface area contributed by atoms with E-state index in [1.807, 2.05) is 19.1 Å². The summed E-state index contributed by atoms with van der Waals surface area (Å²) < 4.78 is 6.04. The lowest BCUT2D eigenvalue weighted by Gasteiger charge is -2.42. The predicted molar refractivity (Wildman–Crippen MR) is 82.9 cm³/mol. The molecule has 1 unspecified atom stereocenters. The molecule has 0 radical (unpaired) electrons. The van der Waals surface area contributed by atoms with Crippen molar-refractivity contribution in [1.29, 1.82) is 0 Å². The standard InChI is InChI=1S/C18H28O2/c1-4-20-18(11-9-14(2)10-12-18)17(19)13-16-8-6-5-7-15(16)3/h5-8,14,17,19H,4,9-13H2,1-3H3. The third-order valence-corrected chi connectivity index (χ3v) is 4.83. The molecule has 2 heteroatoms. The van der Waals surface area contributed by atoms with Crippen LogP contribution in [-0.4, -0.2) is 23.4 Å². The van der Waals surface area contributed by atoms with E-state index in [-0.39, 0.29) is 5.60 Å². The van der Waals surface area contributed by atoms with Gasteiger partial charge >= 0.3 is 0 Å². The molecule has 1 aliphatic rings. The maximum Gasteiger partial charge on any atom is 0.0943 e. The van der Waals surface area contributed by atoms with Crippen molar-refractivity contribution in [2.75, 3.05) is 6.61 Å². The van der Waals surface area contributed by atoms with E-state index in [0.29, 0.717) is 13.0 Å². The zero-order valence-corrected chi connectivity index (χ0v) is 13.1. The average molecular weight is 276 g/mol. The molecule has 1 atom stereocenters. The van der Waals surface area contributed by atoms with Gasteiger partial charge in [-0.1, -0.05) is 31.2 Å². The van der Waals surface area contributed by atoms with Gasteiger partial charge in [-0.05, 0) is 56.6 Å². The van der Waals surface area contributed by atoms with E-state index in [2.05, 4.69) is 26.0 Å². The number of benzene rings is 1. The van der Waals surface area contributed by atoms with Crippen molar-refractivity contribution in [1.82, 2.24) is 0 Å². The summed E-state index contributed by atoms with van der Waals surface area (Å²) in [4.78, 5) is 0. The van der Waals surface area contributed by atoms with Crippen molar-refractivity contribution in [3.8, 4) is 0 Å². The van der Waals surface area contributed by atoms with Crippen LogP contribution in [0.1, 0.15) is 50.7 Å². The van der Waals surface area contributed by atoms with E-state index in [1.165, 1.54) is 11.1 Å². The first-order valence-electron chi connectivity index (χ1n) is 7.94. The van der Waals surface area contributed by atoms with Gasteiger partial charge in [0.2, 0.25) is 0 Å². The zero-order chi connectivity index (χ0) is 14.6. The fraction of sp³-hybridized carbons (Fsp3) is 0.667. The van der Waals surface area contributed by atoms with Crippen LogP contribution in [0.5, 0.6) is 0 Å². The molecule has 0 bridgehead atoms. The molecule has 1 aromatic rings. The van der Waals surface area contributed by atoms with Crippen molar-refractivity contribution >= 4 is 0 Å². The van der Waals surface area contributed by atoms with Crippen LogP contribution in [-0.2, 0) is 11.2 Å². The monoisotopic (exact) mass is 276 g/mol. The van der Waals surface area contributed by atoms with Crippen LogP contribution in [0.25, 0.3) is 0 Å². The molecule has 1 aromatic carbocycles. The molecule has 1 saturated carbocycles. The second-order valence-corrected chi connectivity index (χ2v) is 6.33. The molecular formula is C18H28O2. The number of aliphatic hydroxyl groups excluding tert-OH is 1. The maximum atomic E-state index is 10.8. The molecule has 1 aliphatic carbocycles. The molecule has 0 amide bonds. The largest absolute Gasteiger partial charge is 0.390 e. The first-order chi connectivity index (χ1) is 9.57. The van der Waals surface area contributed by atoms with Crippen molar-refractivity contribution in [3.05, 3.63) is 35.4 Å². The molecule has 0 saturated heterocycles. The minimum atomic E-state index is -0.406. The summed E-state index contributed by atoms with van der Waals surface area (Å²) in [5, 5.41) is 10.8. The summed E-state index contributed by atoms with van der Waals surface area (Å²) in [6, 6.07) is 8.32. The Kier molecular flexibility index (Phi) is 5.22. The first-order valence-corrected chi connectivity index (χ1v) is 7.94. The molecule has 0 aromatic heterocycles. The highest BCUT2D eigenvalue weighted by molar-refractivity contribution is 5.26. The van der Waals surface area contributed by atoms with Gasteiger partial charge in [-0.15, -0.1) is 0 Å². The Morgan fingerprint density at radius 2 is 1.95 bits per heavy atom. The molecule has 112 valence electrons. The Morgan fingerprint density at radius 1 is 1.30 bits per heavy atom. The number of hydrogen-bond acceptors (Lipinski definition) is 2. The van der Waals surface area contributed by atoms with Gasteiger partial charge in [-0.25, -0.2) is 0 Å². The van der Waals surface area contributed by atoms with Crippen LogP contribution >= 0.6 is 0 Å². The van der Waals surface area contributed by atoms with Crippen LogP contribution in [0.2, 0.25) is 0 Å². The van der Waals surface area contributed by atoms with Gasteiger partial charge in [-0.3, -0.25) is 0 Å². The van der Waals surface area contributed by atoms with Crippen molar-refractivity contribution in [3.63, 3.8) is 0 Å². The number of rotatable bonds is 5. The lowest BCUT2D eigenvalue weighted by molar-refractivity contribution is -0.143. The topological polar surface area (TPSA) is 29.5 Å². The lowest BCUT2D eigenvalue weighted by atomic mass is 9.74. The van der Waals surface area contributed by atoms with E-state index >= 15 is 0 Å². The molecule has 0 spiro atoms. The second kappa shape index (κ2) is 6.73. The fourth-order valence-corrected chi connectivity index (χ4v) is 3.35. The fourth-order valence-electron chi connectivity index (χ4n) is 3.35. The van der Waals surface area contributed by atoms with Crippen molar-refractivity contribution in [2.45, 2.75) is 64.6 Å². The van der Waals surface area contributed by atoms with E-state index in [1.54, 1.807) is 0 Å². The van der Waals surface area contributed by atoms with Crippen molar-refractivity contribution in [2.24, 2.45) is 5.92 Å². The Balaban J connectivity index is 2.11. The SMILES string of the molecule is CCOC1(C(O)Cc2ccccc2C)CCC(C)CC1. The molecule has 20 heavy (non-hydrogen) atoms. The summed E-state index contributed by atoms with van der Waals surface area (Å²) in [5.41, 5.74) is 2.16. The molecule has 2 nitrogen and oxygen atoms in total. The van der Waals surface area contributed by atoms with Crippen LogP contribution in [0, 0.1) is 12.8 Å². The molecule has 0 heterocycles. The van der Waals surface area contributed by atoms with Crippen LogP contribution in [0.15, 0.2) is 24.3 Å². The Bertz CT molecular complexity index is 419. The molecule has 2 rings (SSSR count). The lowest BCUT2D eigenvalue weighted by Crippen LogP contribution is -2.48. The third kappa shape index (κ3) is 3.42. The summed E-state index contributed by atoms with van der Waals surface area (Å²) in [7, 11) is 0. The van der Waals surface area contributed by atoms with Crippen LogP contribution < -0.4 is 0 Å². The maximum absolute atomic E-state index is 10.8. The highest BCUT2D eigenvalue weighted by Gasteiger charge is 2.41. The smallest absolute Gasteiger partial charge is 0.0943 e. The summed E-state index contributed by atoms with van der Waals surface area (Å²) in [5.74, 6) is 0.759. The molecule has 0 aliphatic heterocycles. The van der Waals surface area contributed by atoms with Crippen LogP contribution in [0.4, 0.5) is 0 Å². The van der Waals surface area contributed by atoms with Gasteiger partial charge in [0, 0.05) is 13.0 Å². The minimum Gasteiger partial charge on any atom is -0.390 e. The summed E-state index contributed by atoms with van der Waals surface area (Å²) in [6.07, 6.45) is 4.57. The second-order valence-electron chi connectivity index (χ2n) is 6.33. The van der Waals surface area contributed by atoms with Gasteiger partial charge < -0.3 is 9.84 Å². The first kappa shape index (κ1) is 15.5. The highest BCUT2D eigenvalue weighted by Crippen LogP contribution is 2.38. The van der Waals surface area contributed by atoms with E-state index < -0.39 is 6.10 Å².